The molecule has 20 heavy (non-hydrogen) atoms. The van der Waals surface area contributed by atoms with Gasteiger partial charge in [0.15, 0.2) is 0 Å². The van der Waals surface area contributed by atoms with E-state index < -0.39 is 0 Å². The SMILES string of the molecule is CCC1CCCC(CN)(N2CCCC3CCCC32)CC1. The Hall–Kier alpha value is -0.0800. The van der Waals surface area contributed by atoms with Crippen LogP contribution in [0.2, 0.25) is 0 Å². The van der Waals surface area contributed by atoms with Crippen LogP contribution in [0.5, 0.6) is 0 Å². The summed E-state index contributed by atoms with van der Waals surface area (Å²) in [7, 11) is 0. The molecule has 0 radical (unpaired) electrons. The minimum absolute atomic E-state index is 0.359. The van der Waals surface area contributed by atoms with Crippen LogP contribution in [0.25, 0.3) is 0 Å². The van der Waals surface area contributed by atoms with Crippen LogP contribution in [-0.2, 0) is 0 Å². The first-order valence-corrected chi connectivity index (χ1v) is 9.26. The largest absolute Gasteiger partial charge is 0.329 e. The molecule has 4 atom stereocenters. The average molecular weight is 278 g/mol. The zero-order valence-electron chi connectivity index (χ0n) is 13.4. The Balaban J connectivity index is 1.76. The molecule has 1 saturated heterocycles. The Morgan fingerprint density at radius 2 is 1.85 bits per heavy atom. The fourth-order valence-corrected chi connectivity index (χ4v) is 5.52. The molecule has 2 saturated carbocycles. The molecule has 1 aliphatic heterocycles. The summed E-state index contributed by atoms with van der Waals surface area (Å²) in [5.74, 6) is 1.96. The van der Waals surface area contributed by atoms with Crippen molar-refractivity contribution in [3.8, 4) is 0 Å². The topological polar surface area (TPSA) is 29.3 Å². The van der Waals surface area contributed by atoms with Crippen molar-refractivity contribution in [2.24, 2.45) is 17.6 Å². The molecule has 2 nitrogen and oxygen atoms in total. The minimum atomic E-state index is 0.359. The van der Waals surface area contributed by atoms with Gasteiger partial charge in [0, 0.05) is 18.1 Å². The quantitative estimate of drug-likeness (QED) is 0.792. The van der Waals surface area contributed by atoms with Gasteiger partial charge in [0.05, 0.1) is 0 Å². The Bertz CT molecular complexity index is 317. The lowest BCUT2D eigenvalue weighted by atomic mass is 9.81. The highest BCUT2D eigenvalue weighted by Crippen LogP contribution is 2.44. The zero-order valence-corrected chi connectivity index (χ0v) is 13.4. The van der Waals surface area contributed by atoms with E-state index in [9.17, 15) is 0 Å². The predicted molar refractivity (Wildman–Crippen MR) is 85.7 cm³/mol. The maximum absolute atomic E-state index is 6.37. The molecule has 0 amide bonds. The van der Waals surface area contributed by atoms with Crippen LogP contribution in [0, 0.1) is 11.8 Å². The van der Waals surface area contributed by atoms with Crippen LogP contribution in [0.3, 0.4) is 0 Å². The molecule has 3 rings (SSSR count). The molecule has 116 valence electrons. The van der Waals surface area contributed by atoms with Gasteiger partial charge in [0.2, 0.25) is 0 Å². The number of nitrogens with two attached hydrogens (primary N) is 1. The molecule has 2 heteroatoms. The molecular weight excluding hydrogens is 244 g/mol. The highest BCUT2D eigenvalue weighted by molar-refractivity contribution is 5.01. The van der Waals surface area contributed by atoms with E-state index in [4.69, 9.17) is 5.73 Å². The summed E-state index contributed by atoms with van der Waals surface area (Å²) in [5.41, 5.74) is 6.73. The third kappa shape index (κ3) is 2.66. The maximum atomic E-state index is 6.37. The lowest BCUT2D eigenvalue weighted by molar-refractivity contribution is -0.00652. The van der Waals surface area contributed by atoms with Crippen molar-refractivity contribution in [1.29, 1.82) is 0 Å². The van der Waals surface area contributed by atoms with E-state index in [0.717, 1.165) is 24.4 Å². The lowest BCUT2D eigenvalue weighted by Gasteiger charge is -2.51. The smallest absolute Gasteiger partial charge is 0.0334 e. The summed E-state index contributed by atoms with van der Waals surface area (Å²) >= 11 is 0. The molecule has 0 bridgehead atoms. The molecule has 3 aliphatic rings. The average Bonchev–Trinajstić information content (AvgIpc) is 2.86. The Labute approximate surface area is 125 Å². The van der Waals surface area contributed by atoms with Crippen molar-refractivity contribution < 1.29 is 0 Å². The van der Waals surface area contributed by atoms with Gasteiger partial charge in [-0.3, -0.25) is 4.90 Å². The number of likely N-dealkylation sites (tertiary alicyclic amines) is 1. The van der Waals surface area contributed by atoms with Gasteiger partial charge in [-0.1, -0.05) is 32.6 Å². The summed E-state index contributed by atoms with van der Waals surface area (Å²) in [4.78, 5) is 2.92. The number of fused-ring (bicyclic) bond motifs is 1. The fraction of sp³-hybridized carbons (Fsp3) is 1.00. The van der Waals surface area contributed by atoms with Crippen molar-refractivity contribution in [3.63, 3.8) is 0 Å². The summed E-state index contributed by atoms with van der Waals surface area (Å²) in [6, 6.07) is 0.880. The van der Waals surface area contributed by atoms with Crippen LogP contribution < -0.4 is 5.73 Å². The van der Waals surface area contributed by atoms with Gasteiger partial charge in [-0.15, -0.1) is 0 Å². The number of rotatable bonds is 3. The van der Waals surface area contributed by atoms with Gasteiger partial charge >= 0.3 is 0 Å². The van der Waals surface area contributed by atoms with E-state index in [1.807, 2.05) is 0 Å². The fourth-order valence-electron chi connectivity index (χ4n) is 5.52. The molecule has 0 spiro atoms. The first-order chi connectivity index (χ1) is 9.79. The van der Waals surface area contributed by atoms with E-state index >= 15 is 0 Å². The molecule has 3 fully saturated rings. The van der Waals surface area contributed by atoms with E-state index in [1.54, 1.807) is 0 Å². The summed E-state index contributed by atoms with van der Waals surface area (Å²) in [6.45, 7) is 4.59. The third-order valence-corrected chi connectivity index (χ3v) is 6.83. The molecule has 2 N–H and O–H groups in total. The maximum Gasteiger partial charge on any atom is 0.0334 e. The summed E-state index contributed by atoms with van der Waals surface area (Å²) < 4.78 is 0. The minimum Gasteiger partial charge on any atom is -0.329 e. The van der Waals surface area contributed by atoms with E-state index in [1.165, 1.54) is 77.2 Å². The molecule has 0 aromatic carbocycles. The second-order valence-electron chi connectivity index (χ2n) is 7.73. The van der Waals surface area contributed by atoms with E-state index in [0.29, 0.717) is 5.54 Å². The molecular formula is C18H34N2. The van der Waals surface area contributed by atoms with Crippen LogP contribution in [0.4, 0.5) is 0 Å². The van der Waals surface area contributed by atoms with Gasteiger partial charge < -0.3 is 5.73 Å². The molecule has 1 heterocycles. The number of piperidine rings is 1. The number of nitrogens with zero attached hydrogens (tertiary/aromatic N) is 1. The van der Waals surface area contributed by atoms with Crippen LogP contribution >= 0.6 is 0 Å². The summed E-state index contributed by atoms with van der Waals surface area (Å²) in [5, 5.41) is 0. The van der Waals surface area contributed by atoms with Crippen LogP contribution in [0.15, 0.2) is 0 Å². The van der Waals surface area contributed by atoms with Crippen molar-refractivity contribution in [2.75, 3.05) is 13.1 Å². The number of hydrogen-bond acceptors (Lipinski definition) is 2. The first kappa shape index (κ1) is 14.8. The van der Waals surface area contributed by atoms with Gasteiger partial charge in [-0.25, -0.2) is 0 Å². The molecule has 0 aromatic heterocycles. The Kier molecular flexibility index (Phi) is 4.72. The van der Waals surface area contributed by atoms with Crippen molar-refractivity contribution >= 4 is 0 Å². The second-order valence-corrected chi connectivity index (χ2v) is 7.73. The van der Waals surface area contributed by atoms with Crippen molar-refractivity contribution in [2.45, 2.75) is 89.1 Å². The Morgan fingerprint density at radius 1 is 1.00 bits per heavy atom. The van der Waals surface area contributed by atoms with Crippen molar-refractivity contribution in [1.82, 2.24) is 4.90 Å². The highest BCUT2D eigenvalue weighted by Gasteiger charge is 2.45. The van der Waals surface area contributed by atoms with Crippen LogP contribution in [0.1, 0.15) is 77.6 Å². The van der Waals surface area contributed by atoms with Gasteiger partial charge in [0.1, 0.15) is 0 Å². The van der Waals surface area contributed by atoms with E-state index in [-0.39, 0.29) is 0 Å². The monoisotopic (exact) mass is 278 g/mol. The summed E-state index contributed by atoms with van der Waals surface area (Å²) in [6.07, 6.45) is 15.7. The standard InChI is InChI=1S/C18H34N2/c1-2-15-6-4-11-18(14-19,12-10-15)20-13-5-8-16-7-3-9-17(16)20/h15-17H,2-14,19H2,1H3. The van der Waals surface area contributed by atoms with E-state index in [2.05, 4.69) is 11.8 Å². The Morgan fingerprint density at radius 3 is 2.65 bits per heavy atom. The third-order valence-electron chi connectivity index (χ3n) is 6.83. The van der Waals surface area contributed by atoms with Gasteiger partial charge in [-0.2, -0.15) is 0 Å². The van der Waals surface area contributed by atoms with Gasteiger partial charge in [-0.05, 0) is 63.3 Å². The molecule has 0 aromatic rings. The zero-order chi connectivity index (χ0) is 14.0. The predicted octanol–water partition coefficient (Wildman–Crippen LogP) is 3.94. The van der Waals surface area contributed by atoms with Crippen LogP contribution in [-0.4, -0.2) is 29.6 Å². The number of hydrogen-bond donors (Lipinski definition) is 1. The van der Waals surface area contributed by atoms with Gasteiger partial charge in [0.25, 0.3) is 0 Å². The first-order valence-electron chi connectivity index (χ1n) is 9.26. The highest BCUT2D eigenvalue weighted by atomic mass is 15.2. The normalized spacial score (nSPS) is 43.2. The second kappa shape index (κ2) is 6.36. The lowest BCUT2D eigenvalue weighted by Crippen LogP contribution is -2.60. The molecule has 4 unspecified atom stereocenters. The molecule has 2 aliphatic carbocycles. The van der Waals surface area contributed by atoms with Crippen molar-refractivity contribution in [3.05, 3.63) is 0 Å².